The quantitative estimate of drug-likeness (QED) is 0.826. The Labute approximate surface area is 141 Å². The first-order chi connectivity index (χ1) is 11.7. The van der Waals surface area contributed by atoms with Gasteiger partial charge < -0.3 is 19.5 Å². The molecule has 126 valence electrons. The molecule has 0 saturated heterocycles. The average Bonchev–Trinajstić information content (AvgIpc) is 2.92. The molecule has 2 aromatic rings. The van der Waals surface area contributed by atoms with Crippen molar-refractivity contribution < 1.29 is 19.4 Å². The van der Waals surface area contributed by atoms with Crippen LogP contribution in [0.2, 0.25) is 0 Å². The standard InChI is InChI=1S/C19H21NO4/c1-23-18(24-2)12-20(19(21)22)11-17-15-9-5-3-7-13(15)14-8-4-6-10-16(14)17/h3-10,17-18H,11-12H2,1-2H3,(H,21,22). The molecule has 0 heterocycles. The molecule has 0 fully saturated rings. The van der Waals surface area contributed by atoms with E-state index in [9.17, 15) is 9.90 Å². The Kier molecular flexibility index (Phi) is 4.83. The highest BCUT2D eigenvalue weighted by Crippen LogP contribution is 2.44. The Morgan fingerprint density at radius 1 is 1.04 bits per heavy atom. The molecule has 5 heteroatoms. The van der Waals surface area contributed by atoms with Gasteiger partial charge in [-0.1, -0.05) is 48.5 Å². The molecule has 1 amide bonds. The normalized spacial score (nSPS) is 13.0. The van der Waals surface area contributed by atoms with Crippen molar-refractivity contribution in [1.82, 2.24) is 4.90 Å². The lowest BCUT2D eigenvalue weighted by molar-refractivity contribution is -0.113. The molecule has 1 aliphatic rings. The van der Waals surface area contributed by atoms with Crippen molar-refractivity contribution in [3.63, 3.8) is 0 Å². The van der Waals surface area contributed by atoms with Gasteiger partial charge in [-0.2, -0.15) is 0 Å². The lowest BCUT2D eigenvalue weighted by Crippen LogP contribution is -2.40. The Hall–Kier alpha value is -2.37. The predicted molar refractivity (Wildman–Crippen MR) is 91.1 cm³/mol. The van der Waals surface area contributed by atoms with Gasteiger partial charge in [-0.25, -0.2) is 4.79 Å². The summed E-state index contributed by atoms with van der Waals surface area (Å²) < 4.78 is 10.3. The second kappa shape index (κ2) is 7.03. The molecule has 1 aliphatic carbocycles. The minimum atomic E-state index is -0.976. The molecule has 0 saturated carbocycles. The summed E-state index contributed by atoms with van der Waals surface area (Å²) in [5.74, 6) is 0.0165. The number of carbonyl (C=O) groups is 1. The summed E-state index contributed by atoms with van der Waals surface area (Å²) in [6, 6.07) is 16.3. The van der Waals surface area contributed by atoms with Crippen molar-refractivity contribution in [3.8, 4) is 11.1 Å². The second-order valence-electron chi connectivity index (χ2n) is 5.82. The third kappa shape index (κ3) is 3.00. The first-order valence-corrected chi connectivity index (χ1v) is 7.87. The Balaban J connectivity index is 1.92. The predicted octanol–water partition coefficient (Wildman–Crippen LogP) is 3.40. The summed E-state index contributed by atoms with van der Waals surface area (Å²) in [6.45, 7) is 0.537. The van der Waals surface area contributed by atoms with Crippen LogP contribution in [0.15, 0.2) is 48.5 Å². The van der Waals surface area contributed by atoms with Gasteiger partial charge in [0.25, 0.3) is 0 Å². The van der Waals surface area contributed by atoms with Crippen LogP contribution in [-0.2, 0) is 9.47 Å². The van der Waals surface area contributed by atoms with Crippen LogP contribution >= 0.6 is 0 Å². The summed E-state index contributed by atoms with van der Waals surface area (Å²) >= 11 is 0. The fourth-order valence-corrected chi connectivity index (χ4v) is 3.33. The first-order valence-electron chi connectivity index (χ1n) is 7.87. The van der Waals surface area contributed by atoms with Crippen LogP contribution in [0, 0.1) is 0 Å². The summed E-state index contributed by atoms with van der Waals surface area (Å²) in [5.41, 5.74) is 4.68. The molecule has 0 unspecified atom stereocenters. The average molecular weight is 327 g/mol. The topological polar surface area (TPSA) is 59.0 Å². The molecule has 2 aromatic carbocycles. The second-order valence-corrected chi connectivity index (χ2v) is 5.82. The molecule has 0 bridgehead atoms. The summed E-state index contributed by atoms with van der Waals surface area (Å²) in [6.07, 6.45) is -1.55. The molecular weight excluding hydrogens is 306 g/mol. The number of ether oxygens (including phenoxy) is 2. The number of methoxy groups -OCH3 is 2. The summed E-state index contributed by atoms with van der Waals surface area (Å²) in [4.78, 5) is 13.1. The lowest BCUT2D eigenvalue weighted by Gasteiger charge is -2.27. The van der Waals surface area contributed by atoms with Gasteiger partial charge in [-0.3, -0.25) is 0 Å². The molecule has 24 heavy (non-hydrogen) atoms. The zero-order valence-electron chi connectivity index (χ0n) is 13.8. The number of rotatable bonds is 6. The highest BCUT2D eigenvalue weighted by atomic mass is 16.7. The van der Waals surface area contributed by atoms with Crippen LogP contribution in [0.4, 0.5) is 4.79 Å². The van der Waals surface area contributed by atoms with E-state index >= 15 is 0 Å². The van der Waals surface area contributed by atoms with E-state index in [1.165, 1.54) is 30.2 Å². The largest absolute Gasteiger partial charge is 0.465 e. The number of amides is 1. The fraction of sp³-hybridized carbons (Fsp3) is 0.316. The van der Waals surface area contributed by atoms with E-state index in [-0.39, 0.29) is 12.5 Å². The minimum Gasteiger partial charge on any atom is -0.465 e. The SMILES string of the molecule is COC(CN(CC1c2ccccc2-c2ccccc21)C(=O)O)OC. The van der Waals surface area contributed by atoms with E-state index in [1.54, 1.807) is 0 Å². The highest BCUT2D eigenvalue weighted by molar-refractivity contribution is 5.79. The van der Waals surface area contributed by atoms with E-state index < -0.39 is 12.4 Å². The van der Waals surface area contributed by atoms with Gasteiger partial charge in [0.2, 0.25) is 0 Å². The van der Waals surface area contributed by atoms with Crippen LogP contribution in [0.5, 0.6) is 0 Å². The first kappa shape index (κ1) is 16.5. The number of fused-ring (bicyclic) bond motifs is 3. The molecule has 0 radical (unpaired) electrons. The highest BCUT2D eigenvalue weighted by Gasteiger charge is 2.31. The van der Waals surface area contributed by atoms with Crippen molar-refractivity contribution in [2.45, 2.75) is 12.2 Å². The van der Waals surface area contributed by atoms with Crippen molar-refractivity contribution in [3.05, 3.63) is 59.7 Å². The van der Waals surface area contributed by atoms with Gasteiger partial charge in [-0.05, 0) is 22.3 Å². The molecule has 0 spiro atoms. The van der Waals surface area contributed by atoms with Crippen molar-refractivity contribution in [2.24, 2.45) is 0 Å². The van der Waals surface area contributed by atoms with Crippen LogP contribution in [0.1, 0.15) is 17.0 Å². The van der Waals surface area contributed by atoms with Gasteiger partial charge in [0, 0.05) is 26.7 Å². The monoisotopic (exact) mass is 327 g/mol. The van der Waals surface area contributed by atoms with E-state index in [4.69, 9.17) is 9.47 Å². The maximum Gasteiger partial charge on any atom is 0.407 e. The Morgan fingerprint density at radius 2 is 1.54 bits per heavy atom. The van der Waals surface area contributed by atoms with Gasteiger partial charge in [0.1, 0.15) is 0 Å². The molecule has 0 aliphatic heterocycles. The van der Waals surface area contributed by atoms with Crippen molar-refractivity contribution in [1.29, 1.82) is 0 Å². The number of hydrogen-bond acceptors (Lipinski definition) is 3. The van der Waals surface area contributed by atoms with Crippen molar-refractivity contribution in [2.75, 3.05) is 27.3 Å². The maximum atomic E-state index is 11.7. The summed E-state index contributed by atoms with van der Waals surface area (Å²) in [5, 5.41) is 9.58. The van der Waals surface area contributed by atoms with Crippen molar-refractivity contribution >= 4 is 6.09 Å². The number of nitrogens with zero attached hydrogens (tertiary/aromatic N) is 1. The molecule has 5 nitrogen and oxygen atoms in total. The minimum absolute atomic E-state index is 0.0165. The van der Waals surface area contributed by atoms with Gasteiger partial charge >= 0.3 is 6.09 Å². The third-order valence-corrected chi connectivity index (χ3v) is 4.53. The molecular formula is C19H21NO4. The molecule has 3 rings (SSSR count). The lowest BCUT2D eigenvalue weighted by atomic mass is 9.96. The number of benzene rings is 2. The number of hydrogen-bond donors (Lipinski definition) is 1. The Bertz CT molecular complexity index is 681. The van der Waals surface area contributed by atoms with E-state index in [0.29, 0.717) is 6.54 Å². The van der Waals surface area contributed by atoms with E-state index in [0.717, 1.165) is 11.1 Å². The smallest absolute Gasteiger partial charge is 0.407 e. The van der Waals surface area contributed by atoms with E-state index in [1.807, 2.05) is 24.3 Å². The number of carboxylic acid groups (broad SMARTS) is 1. The van der Waals surface area contributed by atoms with E-state index in [2.05, 4.69) is 24.3 Å². The van der Waals surface area contributed by atoms with Crippen LogP contribution in [0.3, 0.4) is 0 Å². The van der Waals surface area contributed by atoms with Gasteiger partial charge in [0.05, 0.1) is 6.54 Å². The maximum absolute atomic E-state index is 11.7. The summed E-state index contributed by atoms with van der Waals surface area (Å²) in [7, 11) is 3.02. The van der Waals surface area contributed by atoms with Gasteiger partial charge in [-0.15, -0.1) is 0 Å². The fourth-order valence-electron chi connectivity index (χ4n) is 3.33. The zero-order valence-corrected chi connectivity index (χ0v) is 13.8. The van der Waals surface area contributed by atoms with Crippen LogP contribution in [-0.4, -0.2) is 49.7 Å². The molecule has 1 N–H and O–H groups in total. The van der Waals surface area contributed by atoms with Crippen LogP contribution < -0.4 is 0 Å². The Morgan fingerprint density at radius 3 is 2.00 bits per heavy atom. The molecule has 0 aromatic heterocycles. The zero-order chi connectivity index (χ0) is 17.1. The van der Waals surface area contributed by atoms with Gasteiger partial charge in [0.15, 0.2) is 6.29 Å². The molecule has 0 atom stereocenters. The van der Waals surface area contributed by atoms with Crippen LogP contribution in [0.25, 0.3) is 11.1 Å². The third-order valence-electron chi connectivity index (χ3n) is 4.53.